The Morgan fingerprint density at radius 3 is 1.40 bits per heavy atom. The molecule has 0 spiro atoms. The first-order chi connectivity index (χ1) is 2.41. The van der Waals surface area contributed by atoms with Crippen LogP contribution in [0.1, 0.15) is 0 Å². The molecule has 0 aromatic heterocycles. The van der Waals surface area contributed by atoms with Crippen LogP contribution in [-0.4, -0.2) is 7.05 Å². The van der Waals surface area contributed by atoms with E-state index in [-0.39, 0.29) is 0 Å². The van der Waals surface area contributed by atoms with Crippen LogP contribution >= 0.6 is 0 Å². The molecule has 0 atom stereocenters. The third kappa shape index (κ3) is 9.90. The van der Waals surface area contributed by atoms with Gasteiger partial charge in [0, 0.05) is 0 Å². The van der Waals surface area contributed by atoms with E-state index in [1.807, 2.05) is 0 Å². The van der Waals surface area contributed by atoms with Crippen LogP contribution in [0.15, 0.2) is 0 Å². The number of rotatable bonds is 0. The summed E-state index contributed by atoms with van der Waals surface area (Å²) in [5.74, 6) is 0. The molecule has 4 heteroatoms. The fourth-order valence-corrected chi connectivity index (χ4v) is 0. The van der Waals surface area contributed by atoms with Gasteiger partial charge in [0.2, 0.25) is 0 Å². The fourth-order valence-electron chi connectivity index (χ4n) is 0. The highest BCUT2D eigenvalue weighted by molar-refractivity contribution is 4.36. The number of hydrogen-bond donors (Lipinski definition) is 1. The zero-order valence-electron chi connectivity index (χ0n) is 3.05. The van der Waals surface area contributed by atoms with Crippen molar-refractivity contribution in [3.63, 3.8) is 0 Å². The molecule has 0 rings (SSSR count). The van der Waals surface area contributed by atoms with Crippen molar-refractivity contribution in [1.29, 1.82) is 0 Å². The second-order valence-corrected chi connectivity index (χ2v) is 0.0894. The van der Waals surface area contributed by atoms with Gasteiger partial charge in [0.15, 0.2) is 0 Å². The molecule has 0 saturated heterocycles. The minimum atomic E-state index is 1.50. The molecule has 0 aliphatic carbocycles. The molecule has 4 nitrogen and oxygen atoms in total. The van der Waals surface area contributed by atoms with Gasteiger partial charge in [0.1, 0.15) is 0 Å². The highest BCUT2D eigenvalue weighted by Crippen LogP contribution is 1.29. The molecule has 0 aliphatic rings. The maximum atomic E-state index is 6.75. The van der Waals surface area contributed by atoms with Crippen molar-refractivity contribution in [3.8, 4) is 0 Å². The Balaban J connectivity index is 0. The summed E-state index contributed by atoms with van der Waals surface area (Å²) in [5, 5.41) is 0. The quantitative estimate of drug-likeness (QED) is 0.233. The van der Waals surface area contributed by atoms with Crippen molar-refractivity contribution < 1.29 is 5.73 Å². The maximum Gasteiger partial charge on any atom is 0.0634 e. The Labute approximate surface area is 30.0 Å². The summed E-state index contributed by atoms with van der Waals surface area (Å²) < 4.78 is 0. The molecule has 0 aromatic carbocycles. The van der Waals surface area contributed by atoms with Gasteiger partial charge >= 0.3 is 0 Å². The zero-order valence-corrected chi connectivity index (χ0v) is 3.05. The third-order valence-corrected chi connectivity index (χ3v) is 0. The van der Waals surface area contributed by atoms with E-state index in [4.69, 9.17) is 11.1 Å². The van der Waals surface area contributed by atoms with Crippen molar-refractivity contribution in [2.45, 2.75) is 0 Å². The standard InChI is InChI=1S/CH5N.N3/c1-2;1-3-2/h2H2,1H3;/q;-1/p+1. The summed E-state index contributed by atoms with van der Waals surface area (Å²) in [6.07, 6.45) is 0. The lowest BCUT2D eigenvalue weighted by Crippen LogP contribution is -2.40. The smallest absolute Gasteiger partial charge is 0.0634 e. The van der Waals surface area contributed by atoms with Crippen LogP contribution in [0.2, 0.25) is 0 Å². The summed E-state index contributed by atoms with van der Waals surface area (Å²) in [4.78, 5) is 1.50. The minimum absolute atomic E-state index is 1.50. The highest BCUT2D eigenvalue weighted by atomic mass is 15.0. The zero-order chi connectivity index (χ0) is 4.71. The van der Waals surface area contributed by atoms with Crippen LogP contribution in [0.4, 0.5) is 0 Å². The largest absolute Gasteiger partial charge is 0.373 e. The van der Waals surface area contributed by atoms with E-state index in [0.717, 1.165) is 0 Å². The Morgan fingerprint density at radius 2 is 1.40 bits per heavy atom. The normalized spacial score (nSPS) is 2.80. The Morgan fingerprint density at radius 1 is 1.40 bits per heavy atom. The van der Waals surface area contributed by atoms with E-state index in [2.05, 4.69) is 5.73 Å². The molecule has 30 valence electrons. The monoisotopic (exact) mass is 74.1 g/mol. The Kier molecular flexibility index (Phi) is 410. The van der Waals surface area contributed by atoms with E-state index >= 15 is 0 Å². The van der Waals surface area contributed by atoms with E-state index in [0.29, 0.717) is 0 Å². The molecule has 0 radical (unpaired) electrons. The van der Waals surface area contributed by atoms with Crippen LogP contribution < -0.4 is 5.73 Å². The molecular formula is CH6N4. The van der Waals surface area contributed by atoms with Crippen molar-refractivity contribution in [2.24, 2.45) is 0 Å². The summed E-state index contributed by atoms with van der Waals surface area (Å²) in [6, 6.07) is 0. The molecule has 0 bridgehead atoms. The van der Waals surface area contributed by atoms with Gasteiger partial charge in [-0.3, -0.25) is 4.91 Å². The maximum absolute atomic E-state index is 6.75. The molecule has 0 aromatic rings. The van der Waals surface area contributed by atoms with Crippen LogP contribution in [0.3, 0.4) is 0 Å². The molecule has 5 heavy (non-hydrogen) atoms. The van der Waals surface area contributed by atoms with E-state index in [1.165, 1.54) is 4.91 Å². The molecule has 0 saturated carbocycles. The molecule has 3 N–H and O–H groups in total. The Hall–Kier alpha value is -0.730. The predicted octanol–water partition coefficient (Wildman–Crippen LogP) is -0.276. The van der Waals surface area contributed by atoms with Gasteiger partial charge in [-0.25, -0.2) is 0 Å². The van der Waals surface area contributed by atoms with Gasteiger partial charge < -0.3 is 16.8 Å². The lowest BCUT2D eigenvalue weighted by molar-refractivity contribution is -0.325. The molecule has 0 aliphatic heterocycles. The number of quaternary nitrogens is 1. The fraction of sp³-hybridized carbons (Fsp3) is 1.00. The van der Waals surface area contributed by atoms with Gasteiger partial charge in [-0.05, 0) is 0 Å². The summed E-state index contributed by atoms with van der Waals surface area (Å²) >= 11 is 0. The molecule has 0 amide bonds. The molecule has 0 unspecified atom stereocenters. The van der Waals surface area contributed by atoms with Crippen LogP contribution in [0.25, 0.3) is 16.0 Å². The second-order valence-electron chi connectivity index (χ2n) is 0.0894. The highest BCUT2D eigenvalue weighted by Gasteiger charge is 0.874. The first-order valence-electron chi connectivity index (χ1n) is 1.11. The summed E-state index contributed by atoms with van der Waals surface area (Å²) in [7, 11) is 1.75. The van der Waals surface area contributed by atoms with Gasteiger partial charge in [-0.1, -0.05) is 0 Å². The van der Waals surface area contributed by atoms with E-state index < -0.39 is 0 Å². The average Bonchev–Trinajstić information content (AvgIpc) is 1.46. The first-order valence-corrected chi connectivity index (χ1v) is 1.11. The van der Waals surface area contributed by atoms with Gasteiger partial charge in [-0.15, -0.1) is 0 Å². The van der Waals surface area contributed by atoms with Crippen molar-refractivity contribution in [2.75, 3.05) is 7.05 Å². The number of nitrogens with zero attached hydrogens (tertiary/aromatic N) is 3. The third-order valence-electron chi connectivity index (χ3n) is 0. The first kappa shape index (κ1) is 8.86. The van der Waals surface area contributed by atoms with Crippen LogP contribution in [0, 0.1) is 0 Å². The van der Waals surface area contributed by atoms with Crippen molar-refractivity contribution in [1.82, 2.24) is 0 Å². The van der Waals surface area contributed by atoms with E-state index in [1.54, 1.807) is 7.05 Å². The van der Waals surface area contributed by atoms with Crippen molar-refractivity contribution >= 4 is 0 Å². The van der Waals surface area contributed by atoms with Crippen LogP contribution in [0.5, 0.6) is 0 Å². The van der Waals surface area contributed by atoms with Gasteiger partial charge in [0.25, 0.3) is 0 Å². The van der Waals surface area contributed by atoms with Gasteiger partial charge in [-0.2, -0.15) is 0 Å². The number of hydrogen-bond acceptors (Lipinski definition) is 0. The van der Waals surface area contributed by atoms with Crippen molar-refractivity contribution in [3.05, 3.63) is 16.0 Å². The average molecular weight is 74.1 g/mol. The van der Waals surface area contributed by atoms with Gasteiger partial charge in [0.05, 0.1) is 7.05 Å². The molecule has 0 heterocycles. The SMILES string of the molecule is C[NH3+].[N-]=[N+]=[N-]. The van der Waals surface area contributed by atoms with Crippen LogP contribution in [-0.2, 0) is 0 Å². The topological polar surface area (TPSA) is 86.3 Å². The van der Waals surface area contributed by atoms with E-state index in [9.17, 15) is 0 Å². The predicted molar refractivity (Wildman–Crippen MR) is 18.9 cm³/mol. The second kappa shape index (κ2) is 231. The molecule has 0 fully saturated rings. The summed E-state index contributed by atoms with van der Waals surface area (Å²) in [6.45, 7) is 0. The minimum Gasteiger partial charge on any atom is -0.373 e. The summed E-state index contributed by atoms with van der Waals surface area (Å²) in [5.41, 5.74) is 16.8. The lowest BCUT2D eigenvalue weighted by atomic mass is 11.6. The Bertz CT molecular complexity index is 24.6. The molecular weight excluding hydrogens is 68.0 g/mol. The lowest BCUT2D eigenvalue weighted by Gasteiger charge is -1.31.